The third-order valence-electron chi connectivity index (χ3n) is 3.88. The minimum absolute atomic E-state index is 0.0822. The number of rotatable bonds is 6. The molecule has 0 aliphatic rings. The molecule has 1 aromatic heterocycles. The zero-order valence-electron chi connectivity index (χ0n) is 14.6. The fourth-order valence-electron chi connectivity index (χ4n) is 2.59. The molecule has 7 heteroatoms. The normalized spacial score (nSPS) is 11.6. The van der Waals surface area contributed by atoms with Crippen LogP contribution in [0.5, 0.6) is 0 Å². The zero-order chi connectivity index (χ0) is 19.2. The summed E-state index contributed by atoms with van der Waals surface area (Å²) in [6, 6.07) is 15.7. The predicted octanol–water partition coefficient (Wildman–Crippen LogP) is 4.60. The Balaban J connectivity index is 1.76. The van der Waals surface area contributed by atoms with Crippen LogP contribution in [0.2, 0.25) is 5.02 Å². The Morgan fingerprint density at radius 3 is 2.48 bits per heavy atom. The maximum absolute atomic E-state index is 12.7. The molecule has 0 fully saturated rings. The van der Waals surface area contributed by atoms with Crippen molar-refractivity contribution in [3.05, 3.63) is 81.8 Å². The highest BCUT2D eigenvalue weighted by Crippen LogP contribution is 2.22. The molecule has 2 amide bonds. The smallest absolute Gasteiger partial charge is 0.253 e. The number of aromatic nitrogens is 1. The first kappa shape index (κ1) is 19.1. The van der Waals surface area contributed by atoms with Crippen molar-refractivity contribution in [1.82, 2.24) is 10.3 Å². The highest BCUT2D eigenvalue weighted by atomic mass is 35.5. The summed E-state index contributed by atoms with van der Waals surface area (Å²) in [4.78, 5) is 29.4. The number of carbonyl (C=O) groups excluding carboxylic acids is 2. The molecule has 1 atom stereocenters. The maximum Gasteiger partial charge on any atom is 0.253 e. The second-order valence-corrected chi connectivity index (χ2v) is 7.23. The summed E-state index contributed by atoms with van der Waals surface area (Å²) < 4.78 is 0. The highest BCUT2D eigenvalue weighted by molar-refractivity contribution is 7.13. The number of aryl methyl sites for hydroxylation is 1. The standard InChI is InChI=1S/C20H18ClN3O2S/c1-13-12-27-20(22-13)24-18(25)11-17(14-7-3-2-4-8-14)23-19(26)15-9-5-6-10-16(15)21/h2-10,12,17H,11H2,1H3,(H,23,26)(H,22,24,25)/t17-/m1/s1. The Morgan fingerprint density at radius 1 is 1.11 bits per heavy atom. The number of hydrogen-bond acceptors (Lipinski definition) is 4. The summed E-state index contributed by atoms with van der Waals surface area (Å²) in [5, 5.41) is 8.46. The summed E-state index contributed by atoms with van der Waals surface area (Å²) in [6.45, 7) is 1.86. The molecule has 0 radical (unpaired) electrons. The first-order valence-electron chi connectivity index (χ1n) is 8.35. The van der Waals surface area contributed by atoms with E-state index in [1.54, 1.807) is 24.3 Å². The Kier molecular flexibility index (Phi) is 6.21. The minimum atomic E-state index is -0.490. The Morgan fingerprint density at radius 2 is 1.81 bits per heavy atom. The van der Waals surface area contributed by atoms with Gasteiger partial charge in [-0.25, -0.2) is 4.98 Å². The molecule has 27 heavy (non-hydrogen) atoms. The van der Waals surface area contributed by atoms with Gasteiger partial charge in [0.2, 0.25) is 5.91 Å². The number of anilines is 1. The van der Waals surface area contributed by atoms with Crippen molar-refractivity contribution in [2.75, 3.05) is 5.32 Å². The largest absolute Gasteiger partial charge is 0.345 e. The molecule has 0 bridgehead atoms. The monoisotopic (exact) mass is 399 g/mol. The molecular weight excluding hydrogens is 382 g/mol. The lowest BCUT2D eigenvalue weighted by Gasteiger charge is -2.19. The van der Waals surface area contributed by atoms with Gasteiger partial charge in [-0.2, -0.15) is 0 Å². The summed E-state index contributed by atoms with van der Waals surface area (Å²) in [6.07, 6.45) is 0.0822. The van der Waals surface area contributed by atoms with E-state index in [4.69, 9.17) is 11.6 Å². The van der Waals surface area contributed by atoms with Crippen LogP contribution in [-0.2, 0) is 4.79 Å². The second-order valence-electron chi connectivity index (χ2n) is 5.96. The number of amides is 2. The zero-order valence-corrected chi connectivity index (χ0v) is 16.2. The topological polar surface area (TPSA) is 71.1 Å². The van der Waals surface area contributed by atoms with Gasteiger partial charge >= 0.3 is 0 Å². The molecule has 2 N–H and O–H groups in total. The third-order valence-corrected chi connectivity index (χ3v) is 5.09. The van der Waals surface area contributed by atoms with Crippen LogP contribution in [-0.4, -0.2) is 16.8 Å². The molecule has 1 heterocycles. The van der Waals surface area contributed by atoms with E-state index >= 15 is 0 Å². The van der Waals surface area contributed by atoms with E-state index in [0.29, 0.717) is 15.7 Å². The van der Waals surface area contributed by atoms with Gasteiger partial charge < -0.3 is 10.6 Å². The van der Waals surface area contributed by atoms with Gasteiger partial charge in [-0.1, -0.05) is 54.1 Å². The van der Waals surface area contributed by atoms with E-state index in [0.717, 1.165) is 11.3 Å². The summed E-state index contributed by atoms with van der Waals surface area (Å²) in [5.41, 5.74) is 2.06. The van der Waals surface area contributed by atoms with Crippen molar-refractivity contribution >= 4 is 39.9 Å². The minimum Gasteiger partial charge on any atom is -0.345 e. The van der Waals surface area contributed by atoms with Crippen molar-refractivity contribution in [2.24, 2.45) is 0 Å². The molecule has 138 valence electrons. The number of nitrogens with zero attached hydrogens (tertiary/aromatic N) is 1. The molecule has 0 spiro atoms. The van der Waals surface area contributed by atoms with Crippen molar-refractivity contribution in [3.63, 3.8) is 0 Å². The second kappa shape index (κ2) is 8.79. The lowest BCUT2D eigenvalue weighted by atomic mass is 10.0. The molecule has 3 rings (SSSR count). The number of thiazole rings is 1. The highest BCUT2D eigenvalue weighted by Gasteiger charge is 2.21. The maximum atomic E-state index is 12.7. The predicted molar refractivity (Wildman–Crippen MR) is 108 cm³/mol. The SMILES string of the molecule is Cc1csc(NC(=O)C[C@@H](NC(=O)c2ccccc2Cl)c2ccccc2)n1. The molecule has 0 saturated heterocycles. The van der Waals surface area contributed by atoms with E-state index in [2.05, 4.69) is 15.6 Å². The van der Waals surface area contributed by atoms with Crippen molar-refractivity contribution < 1.29 is 9.59 Å². The number of nitrogens with one attached hydrogen (secondary N) is 2. The Hall–Kier alpha value is -2.70. The van der Waals surface area contributed by atoms with Gasteiger partial charge in [-0.3, -0.25) is 9.59 Å². The quantitative estimate of drug-likeness (QED) is 0.636. The van der Waals surface area contributed by atoms with E-state index in [1.165, 1.54) is 11.3 Å². The molecule has 2 aromatic carbocycles. The summed E-state index contributed by atoms with van der Waals surface area (Å²) in [7, 11) is 0. The molecule has 0 aliphatic heterocycles. The fraction of sp³-hybridized carbons (Fsp3) is 0.150. The van der Waals surface area contributed by atoms with Crippen molar-refractivity contribution in [2.45, 2.75) is 19.4 Å². The van der Waals surface area contributed by atoms with Crippen LogP contribution in [0.3, 0.4) is 0 Å². The van der Waals surface area contributed by atoms with Gasteiger partial charge in [0.05, 0.1) is 28.7 Å². The number of benzene rings is 2. The summed E-state index contributed by atoms with van der Waals surface area (Å²) >= 11 is 7.48. The molecular formula is C20H18ClN3O2S. The van der Waals surface area contributed by atoms with E-state index in [1.807, 2.05) is 42.6 Å². The van der Waals surface area contributed by atoms with Crippen LogP contribution in [0.15, 0.2) is 60.0 Å². The van der Waals surface area contributed by atoms with Gasteiger partial charge in [0, 0.05) is 5.38 Å². The molecule has 0 unspecified atom stereocenters. The molecule has 0 saturated carbocycles. The lowest BCUT2D eigenvalue weighted by molar-refractivity contribution is -0.116. The van der Waals surface area contributed by atoms with E-state index < -0.39 is 6.04 Å². The number of halogens is 1. The van der Waals surface area contributed by atoms with Gasteiger partial charge in [-0.05, 0) is 24.6 Å². The van der Waals surface area contributed by atoms with Crippen LogP contribution in [0.25, 0.3) is 0 Å². The number of hydrogen-bond donors (Lipinski definition) is 2. The number of carbonyl (C=O) groups is 2. The lowest BCUT2D eigenvalue weighted by Crippen LogP contribution is -2.31. The van der Waals surface area contributed by atoms with Crippen LogP contribution < -0.4 is 10.6 Å². The average molecular weight is 400 g/mol. The summed E-state index contributed by atoms with van der Waals surface area (Å²) in [5.74, 6) is -0.551. The van der Waals surface area contributed by atoms with Gasteiger partial charge in [0.25, 0.3) is 5.91 Å². The van der Waals surface area contributed by atoms with Crippen LogP contribution in [0, 0.1) is 6.92 Å². The Labute approximate surface area is 166 Å². The van der Waals surface area contributed by atoms with E-state index in [9.17, 15) is 9.59 Å². The third kappa shape index (κ3) is 5.15. The first-order valence-corrected chi connectivity index (χ1v) is 9.61. The van der Waals surface area contributed by atoms with Crippen molar-refractivity contribution in [3.8, 4) is 0 Å². The molecule has 3 aromatic rings. The molecule has 5 nitrogen and oxygen atoms in total. The van der Waals surface area contributed by atoms with Gasteiger partial charge in [0.1, 0.15) is 0 Å². The molecule has 0 aliphatic carbocycles. The first-order chi connectivity index (χ1) is 13.0. The van der Waals surface area contributed by atoms with Crippen LogP contribution >= 0.6 is 22.9 Å². The van der Waals surface area contributed by atoms with Crippen LogP contribution in [0.4, 0.5) is 5.13 Å². The average Bonchev–Trinajstić information content (AvgIpc) is 3.06. The van der Waals surface area contributed by atoms with E-state index in [-0.39, 0.29) is 18.2 Å². The van der Waals surface area contributed by atoms with Gasteiger partial charge in [0.15, 0.2) is 5.13 Å². The van der Waals surface area contributed by atoms with Crippen LogP contribution in [0.1, 0.15) is 34.1 Å². The Bertz CT molecular complexity index is 943. The van der Waals surface area contributed by atoms with Crippen molar-refractivity contribution in [1.29, 1.82) is 0 Å². The van der Waals surface area contributed by atoms with Gasteiger partial charge in [-0.15, -0.1) is 11.3 Å². The fourth-order valence-corrected chi connectivity index (χ4v) is 3.51.